The van der Waals surface area contributed by atoms with Gasteiger partial charge in [0, 0.05) is 17.5 Å². The number of amidine groups is 2. The molecule has 2 rings (SSSR count). The van der Waals surface area contributed by atoms with Crippen LogP contribution in [0.4, 0.5) is 0 Å². The van der Waals surface area contributed by atoms with Gasteiger partial charge < -0.3 is 21.9 Å². The number of hydrogen-bond donors (Lipinski definition) is 6. The van der Waals surface area contributed by atoms with Gasteiger partial charge in [-0.05, 0) is 36.5 Å². The van der Waals surface area contributed by atoms with E-state index in [1.165, 1.54) is 0 Å². The van der Waals surface area contributed by atoms with Gasteiger partial charge in [-0.3, -0.25) is 20.4 Å². The first-order chi connectivity index (χ1) is 14.3. The standard InChI is InChI=1S/C22H27N5O3/c23-21(24)15-10-8-14(9-11-15)4-1-2-7-19(28)27-18(13-20(29)30)16-5-3-6-17(12-16)22(25)26/h3,5-6,8-12,18H,1-2,4,7,13H2,(H3,23,24)(H3,25,26)(H,27,28)(H,29,30). The number of unbranched alkanes of at least 4 members (excludes halogenated alkanes) is 1. The number of nitrogens with two attached hydrogens (primary N) is 2. The Bertz CT molecular complexity index is 925. The van der Waals surface area contributed by atoms with Gasteiger partial charge in [0.1, 0.15) is 11.7 Å². The lowest BCUT2D eigenvalue weighted by molar-refractivity contribution is -0.137. The summed E-state index contributed by atoms with van der Waals surface area (Å²) in [5.74, 6) is -1.33. The fourth-order valence-corrected chi connectivity index (χ4v) is 3.08. The van der Waals surface area contributed by atoms with Gasteiger partial charge >= 0.3 is 5.97 Å². The second-order valence-electron chi connectivity index (χ2n) is 7.07. The van der Waals surface area contributed by atoms with E-state index in [9.17, 15) is 14.7 Å². The first kappa shape index (κ1) is 22.6. The molecular weight excluding hydrogens is 382 g/mol. The molecule has 0 aliphatic heterocycles. The molecule has 0 fully saturated rings. The zero-order chi connectivity index (χ0) is 22.1. The first-order valence-electron chi connectivity index (χ1n) is 9.65. The van der Waals surface area contributed by atoms with E-state index in [0.717, 1.165) is 18.4 Å². The zero-order valence-electron chi connectivity index (χ0n) is 16.7. The Morgan fingerprint density at radius 3 is 2.23 bits per heavy atom. The molecule has 1 unspecified atom stereocenters. The molecule has 0 heterocycles. The Balaban J connectivity index is 1.88. The van der Waals surface area contributed by atoms with Crippen molar-refractivity contribution in [3.05, 3.63) is 70.8 Å². The number of rotatable bonds is 11. The van der Waals surface area contributed by atoms with Crippen molar-refractivity contribution in [3.8, 4) is 0 Å². The van der Waals surface area contributed by atoms with Crippen LogP contribution in [0.25, 0.3) is 0 Å². The SMILES string of the molecule is N=C(N)c1ccc(CCCCC(=O)NC(CC(=O)O)c2cccc(C(=N)N)c2)cc1. The maximum absolute atomic E-state index is 12.3. The highest BCUT2D eigenvalue weighted by molar-refractivity contribution is 5.95. The van der Waals surface area contributed by atoms with E-state index in [-0.39, 0.29) is 30.4 Å². The highest BCUT2D eigenvalue weighted by Gasteiger charge is 2.18. The van der Waals surface area contributed by atoms with Crippen molar-refractivity contribution in [3.63, 3.8) is 0 Å². The molecule has 8 nitrogen and oxygen atoms in total. The molecule has 0 radical (unpaired) electrons. The summed E-state index contributed by atoms with van der Waals surface area (Å²) in [5.41, 5.74) is 13.8. The van der Waals surface area contributed by atoms with E-state index >= 15 is 0 Å². The van der Waals surface area contributed by atoms with Gasteiger partial charge in [0.15, 0.2) is 0 Å². The predicted molar refractivity (Wildman–Crippen MR) is 116 cm³/mol. The monoisotopic (exact) mass is 409 g/mol. The third-order valence-electron chi connectivity index (χ3n) is 4.70. The van der Waals surface area contributed by atoms with Gasteiger partial charge in [0.05, 0.1) is 12.5 Å². The van der Waals surface area contributed by atoms with Gasteiger partial charge in [-0.2, -0.15) is 0 Å². The average Bonchev–Trinajstić information content (AvgIpc) is 2.71. The van der Waals surface area contributed by atoms with Gasteiger partial charge in [-0.25, -0.2) is 0 Å². The summed E-state index contributed by atoms with van der Waals surface area (Å²) in [4.78, 5) is 23.6. The Morgan fingerprint density at radius 2 is 1.63 bits per heavy atom. The molecule has 8 N–H and O–H groups in total. The second-order valence-corrected chi connectivity index (χ2v) is 7.07. The number of aliphatic carboxylic acids is 1. The zero-order valence-corrected chi connectivity index (χ0v) is 16.7. The van der Waals surface area contributed by atoms with Gasteiger partial charge in [-0.1, -0.05) is 42.5 Å². The van der Waals surface area contributed by atoms with Crippen molar-refractivity contribution < 1.29 is 14.7 Å². The maximum atomic E-state index is 12.3. The molecule has 0 spiro atoms. The lowest BCUT2D eigenvalue weighted by Crippen LogP contribution is -2.30. The minimum atomic E-state index is -1.03. The van der Waals surface area contributed by atoms with E-state index in [2.05, 4.69) is 5.32 Å². The molecule has 1 atom stereocenters. The number of nitrogen functional groups attached to an aromatic ring is 2. The Labute approximate surface area is 175 Å². The van der Waals surface area contributed by atoms with Crippen molar-refractivity contribution in [2.75, 3.05) is 0 Å². The van der Waals surface area contributed by atoms with Crippen molar-refractivity contribution in [2.45, 2.75) is 38.1 Å². The van der Waals surface area contributed by atoms with Crippen LogP contribution in [0, 0.1) is 10.8 Å². The average molecular weight is 409 g/mol. The number of carboxylic acids is 1. The number of benzene rings is 2. The number of carbonyl (C=O) groups is 2. The molecule has 0 saturated heterocycles. The van der Waals surface area contributed by atoms with Crippen LogP contribution in [-0.2, 0) is 16.0 Å². The summed E-state index contributed by atoms with van der Waals surface area (Å²) in [7, 11) is 0. The van der Waals surface area contributed by atoms with Crippen molar-refractivity contribution in [1.82, 2.24) is 5.32 Å². The third kappa shape index (κ3) is 7.05. The van der Waals surface area contributed by atoms with E-state index in [4.69, 9.17) is 22.3 Å². The van der Waals surface area contributed by atoms with Crippen LogP contribution < -0.4 is 16.8 Å². The molecule has 8 heteroatoms. The number of carboxylic acid groups (broad SMARTS) is 1. The third-order valence-corrected chi connectivity index (χ3v) is 4.70. The van der Waals surface area contributed by atoms with Gasteiger partial charge in [-0.15, -0.1) is 0 Å². The summed E-state index contributed by atoms with van der Waals surface area (Å²) in [6.07, 6.45) is 2.29. The summed E-state index contributed by atoms with van der Waals surface area (Å²) >= 11 is 0. The molecule has 0 aromatic heterocycles. The molecule has 0 aliphatic rings. The number of hydrogen-bond acceptors (Lipinski definition) is 4. The lowest BCUT2D eigenvalue weighted by atomic mass is 10.00. The van der Waals surface area contributed by atoms with Crippen LogP contribution in [0.1, 0.15) is 54.0 Å². The molecule has 1 amide bonds. The van der Waals surface area contributed by atoms with Crippen LogP contribution >= 0.6 is 0 Å². The minimum Gasteiger partial charge on any atom is -0.481 e. The molecule has 2 aromatic carbocycles. The molecule has 158 valence electrons. The fraction of sp³-hybridized carbons (Fsp3) is 0.273. The highest BCUT2D eigenvalue weighted by atomic mass is 16.4. The lowest BCUT2D eigenvalue weighted by Gasteiger charge is -2.18. The van der Waals surface area contributed by atoms with Gasteiger partial charge in [0.2, 0.25) is 5.91 Å². The molecule has 0 saturated carbocycles. The van der Waals surface area contributed by atoms with E-state index in [0.29, 0.717) is 23.1 Å². The van der Waals surface area contributed by atoms with Crippen LogP contribution in [-0.4, -0.2) is 28.7 Å². The number of aryl methyl sites for hydroxylation is 1. The Kier molecular flexibility index (Phi) is 8.10. The van der Waals surface area contributed by atoms with Crippen LogP contribution in [0.2, 0.25) is 0 Å². The van der Waals surface area contributed by atoms with Crippen molar-refractivity contribution in [1.29, 1.82) is 10.8 Å². The number of nitrogens with one attached hydrogen (secondary N) is 3. The normalized spacial score (nSPS) is 11.5. The fourth-order valence-electron chi connectivity index (χ4n) is 3.08. The van der Waals surface area contributed by atoms with Crippen LogP contribution in [0.3, 0.4) is 0 Å². The van der Waals surface area contributed by atoms with Crippen molar-refractivity contribution >= 4 is 23.5 Å². The molecule has 0 bridgehead atoms. The smallest absolute Gasteiger partial charge is 0.305 e. The van der Waals surface area contributed by atoms with Crippen molar-refractivity contribution in [2.24, 2.45) is 11.5 Å². The quantitative estimate of drug-likeness (QED) is 0.190. The number of carbonyl (C=O) groups excluding carboxylic acids is 1. The topological polar surface area (TPSA) is 166 Å². The highest BCUT2D eigenvalue weighted by Crippen LogP contribution is 2.19. The first-order valence-corrected chi connectivity index (χ1v) is 9.65. The molecule has 30 heavy (non-hydrogen) atoms. The van der Waals surface area contributed by atoms with E-state index < -0.39 is 12.0 Å². The molecular formula is C22H27N5O3. The minimum absolute atomic E-state index is 0.0305. The molecule has 0 aliphatic carbocycles. The largest absolute Gasteiger partial charge is 0.481 e. The summed E-state index contributed by atoms with van der Waals surface area (Å²) in [6.45, 7) is 0. The Hall–Kier alpha value is -3.68. The maximum Gasteiger partial charge on any atom is 0.305 e. The van der Waals surface area contributed by atoms with E-state index in [1.54, 1.807) is 36.4 Å². The summed E-state index contributed by atoms with van der Waals surface area (Å²) in [5, 5.41) is 26.9. The second kappa shape index (κ2) is 10.8. The Morgan fingerprint density at radius 1 is 0.967 bits per heavy atom. The summed E-state index contributed by atoms with van der Waals surface area (Å²) < 4.78 is 0. The number of amides is 1. The molecule has 2 aromatic rings. The predicted octanol–water partition coefficient (Wildman–Crippen LogP) is 2.30. The van der Waals surface area contributed by atoms with E-state index in [1.807, 2.05) is 12.1 Å². The van der Waals surface area contributed by atoms with Gasteiger partial charge in [0.25, 0.3) is 0 Å². The summed E-state index contributed by atoms with van der Waals surface area (Å²) in [6, 6.07) is 13.4. The van der Waals surface area contributed by atoms with Crippen LogP contribution in [0.15, 0.2) is 48.5 Å². The van der Waals surface area contributed by atoms with Crippen LogP contribution in [0.5, 0.6) is 0 Å².